The first kappa shape index (κ1) is 12.5. The van der Waals surface area contributed by atoms with Crippen LogP contribution in [-0.2, 0) is 0 Å². The maximum atomic E-state index is 5.62. The lowest BCUT2D eigenvalue weighted by molar-refractivity contribution is 0.453. The molecular weight excluding hydrogens is 248 g/mol. The summed E-state index contributed by atoms with van der Waals surface area (Å²) in [5.41, 5.74) is 6.97. The number of nitrogens with one attached hydrogen (secondary N) is 1. The number of hydrogen-bond acceptors (Lipinski definition) is 5. The van der Waals surface area contributed by atoms with E-state index in [1.807, 2.05) is 26.0 Å². The number of pyridine rings is 1. The van der Waals surface area contributed by atoms with Crippen molar-refractivity contribution in [1.29, 1.82) is 0 Å². The molecule has 0 aliphatic rings. The summed E-state index contributed by atoms with van der Waals surface area (Å²) in [6.07, 6.45) is 3.34. The smallest absolute Gasteiger partial charge is 0.216 e. The Bertz CT molecular complexity index is 567. The van der Waals surface area contributed by atoms with Gasteiger partial charge in [-0.3, -0.25) is 4.98 Å². The molecule has 2 rings (SSSR count). The molecule has 2 aromatic heterocycles. The largest absolute Gasteiger partial charge is 0.444 e. The lowest BCUT2D eigenvalue weighted by Gasteiger charge is -2.14. The summed E-state index contributed by atoms with van der Waals surface area (Å²) in [5, 5.41) is 3.24. The van der Waals surface area contributed by atoms with Crippen molar-refractivity contribution >= 4 is 22.9 Å². The first-order chi connectivity index (χ1) is 8.58. The molecule has 0 saturated carbocycles. The third-order valence-electron chi connectivity index (χ3n) is 2.42. The maximum absolute atomic E-state index is 5.62. The van der Waals surface area contributed by atoms with Crippen LogP contribution < -0.4 is 11.1 Å². The molecular formula is C12H14N4OS. The molecule has 2 heterocycles. The van der Waals surface area contributed by atoms with Crippen LogP contribution in [0.3, 0.4) is 0 Å². The highest BCUT2D eigenvalue weighted by molar-refractivity contribution is 7.80. The van der Waals surface area contributed by atoms with E-state index in [1.54, 1.807) is 12.4 Å². The van der Waals surface area contributed by atoms with Crippen LogP contribution in [0.2, 0.25) is 0 Å². The number of thiocarbonyl (C=S) groups is 1. The van der Waals surface area contributed by atoms with Gasteiger partial charge < -0.3 is 15.5 Å². The lowest BCUT2D eigenvalue weighted by atomic mass is 10.2. The Morgan fingerprint density at radius 1 is 1.50 bits per heavy atom. The summed E-state index contributed by atoms with van der Waals surface area (Å²) in [6, 6.07) is 3.60. The quantitative estimate of drug-likeness (QED) is 0.822. The average Bonchev–Trinajstić information content (AvgIpc) is 2.76. The molecule has 0 aliphatic carbocycles. The molecule has 94 valence electrons. The molecule has 0 spiro atoms. The van der Waals surface area contributed by atoms with Gasteiger partial charge in [0, 0.05) is 6.20 Å². The van der Waals surface area contributed by atoms with Crippen molar-refractivity contribution < 1.29 is 4.42 Å². The summed E-state index contributed by atoms with van der Waals surface area (Å²) < 4.78 is 5.46. The van der Waals surface area contributed by atoms with Gasteiger partial charge in [0.05, 0.1) is 11.9 Å². The first-order valence-corrected chi connectivity index (χ1v) is 5.92. The van der Waals surface area contributed by atoms with Crippen molar-refractivity contribution in [3.05, 3.63) is 41.9 Å². The van der Waals surface area contributed by atoms with Gasteiger partial charge >= 0.3 is 0 Å². The highest BCUT2D eigenvalue weighted by Gasteiger charge is 2.14. The van der Waals surface area contributed by atoms with Crippen molar-refractivity contribution in [2.45, 2.75) is 19.9 Å². The van der Waals surface area contributed by atoms with Crippen molar-refractivity contribution in [2.75, 3.05) is 5.32 Å². The van der Waals surface area contributed by atoms with Gasteiger partial charge in [-0.25, -0.2) is 4.98 Å². The normalized spacial score (nSPS) is 12.1. The van der Waals surface area contributed by atoms with E-state index in [0.717, 1.165) is 11.4 Å². The minimum absolute atomic E-state index is 0.0870. The van der Waals surface area contributed by atoms with E-state index >= 15 is 0 Å². The zero-order valence-corrected chi connectivity index (χ0v) is 11.0. The van der Waals surface area contributed by atoms with E-state index in [0.29, 0.717) is 11.6 Å². The molecule has 0 radical (unpaired) electrons. The number of oxazole rings is 1. The van der Waals surface area contributed by atoms with Gasteiger partial charge in [-0.05, 0) is 26.0 Å². The summed E-state index contributed by atoms with van der Waals surface area (Å²) in [7, 11) is 0. The van der Waals surface area contributed by atoms with Crippen LogP contribution in [0, 0.1) is 6.92 Å². The number of hydrogen-bond donors (Lipinski definition) is 2. The zero-order valence-electron chi connectivity index (χ0n) is 10.2. The molecule has 0 fully saturated rings. The second-order valence-corrected chi connectivity index (χ2v) is 4.38. The summed E-state index contributed by atoms with van der Waals surface area (Å²) in [4.78, 5) is 8.58. The van der Waals surface area contributed by atoms with Gasteiger partial charge in [-0.15, -0.1) is 0 Å². The van der Waals surface area contributed by atoms with Gasteiger partial charge in [0.2, 0.25) is 5.89 Å². The zero-order chi connectivity index (χ0) is 13.1. The topological polar surface area (TPSA) is 77.0 Å². The second kappa shape index (κ2) is 5.14. The minimum atomic E-state index is -0.0870. The second-order valence-electron chi connectivity index (χ2n) is 3.94. The fourth-order valence-electron chi connectivity index (χ4n) is 1.59. The Labute approximate surface area is 110 Å². The lowest BCUT2D eigenvalue weighted by Crippen LogP contribution is -2.16. The third kappa shape index (κ3) is 2.65. The average molecular weight is 262 g/mol. The van der Waals surface area contributed by atoms with Gasteiger partial charge in [0.1, 0.15) is 22.5 Å². The van der Waals surface area contributed by atoms with Crippen LogP contribution in [0.1, 0.15) is 30.3 Å². The van der Waals surface area contributed by atoms with Crippen LogP contribution in [0.15, 0.2) is 28.9 Å². The van der Waals surface area contributed by atoms with Crippen molar-refractivity contribution in [2.24, 2.45) is 5.73 Å². The summed E-state index contributed by atoms with van der Waals surface area (Å²) in [5.74, 6) is 1.39. The molecule has 0 aliphatic heterocycles. The van der Waals surface area contributed by atoms with Crippen LogP contribution in [-0.4, -0.2) is 15.0 Å². The number of nitrogens with two attached hydrogens (primary N) is 1. The SMILES string of the molecule is Cc1cnc(C(C)Nc2cccnc2C(N)=S)o1. The molecule has 2 aromatic rings. The Hall–Kier alpha value is -1.95. The van der Waals surface area contributed by atoms with Crippen molar-refractivity contribution in [1.82, 2.24) is 9.97 Å². The van der Waals surface area contributed by atoms with Crippen molar-refractivity contribution in [3.8, 4) is 0 Å². The molecule has 0 bridgehead atoms. The van der Waals surface area contributed by atoms with E-state index in [4.69, 9.17) is 22.4 Å². The predicted octanol–water partition coefficient (Wildman–Crippen LogP) is 2.19. The van der Waals surface area contributed by atoms with Gasteiger partial charge in [0.25, 0.3) is 0 Å². The highest BCUT2D eigenvalue weighted by atomic mass is 32.1. The molecule has 6 heteroatoms. The molecule has 0 amide bonds. The Kier molecular flexibility index (Phi) is 3.57. The predicted molar refractivity (Wildman–Crippen MR) is 73.4 cm³/mol. The molecule has 5 nitrogen and oxygen atoms in total. The number of nitrogens with zero attached hydrogens (tertiary/aromatic N) is 2. The highest BCUT2D eigenvalue weighted by Crippen LogP contribution is 2.20. The van der Waals surface area contributed by atoms with Crippen LogP contribution >= 0.6 is 12.2 Å². The standard InChI is InChI=1S/C12H14N4OS/c1-7-6-15-12(17-7)8(2)16-9-4-3-5-14-10(9)11(13)18/h3-6,8,16H,1-2H3,(H2,13,18). The molecule has 1 unspecified atom stereocenters. The first-order valence-electron chi connectivity index (χ1n) is 5.51. The molecule has 0 aromatic carbocycles. The number of aromatic nitrogens is 2. The van der Waals surface area contributed by atoms with Crippen LogP contribution in [0.25, 0.3) is 0 Å². The van der Waals surface area contributed by atoms with Gasteiger partial charge in [0.15, 0.2) is 0 Å². The minimum Gasteiger partial charge on any atom is -0.444 e. The molecule has 0 saturated heterocycles. The van der Waals surface area contributed by atoms with Gasteiger partial charge in [-0.1, -0.05) is 12.2 Å². The number of aryl methyl sites for hydroxylation is 1. The van der Waals surface area contributed by atoms with Crippen LogP contribution in [0.4, 0.5) is 5.69 Å². The summed E-state index contributed by atoms with van der Waals surface area (Å²) >= 11 is 4.96. The molecule has 18 heavy (non-hydrogen) atoms. The molecule has 3 N–H and O–H groups in total. The number of rotatable bonds is 4. The fraction of sp³-hybridized carbons (Fsp3) is 0.250. The fourth-order valence-corrected chi connectivity index (χ4v) is 1.75. The van der Waals surface area contributed by atoms with E-state index < -0.39 is 0 Å². The van der Waals surface area contributed by atoms with E-state index in [1.165, 1.54) is 0 Å². The molecule has 1 atom stereocenters. The number of anilines is 1. The van der Waals surface area contributed by atoms with Crippen molar-refractivity contribution in [3.63, 3.8) is 0 Å². The maximum Gasteiger partial charge on any atom is 0.216 e. The van der Waals surface area contributed by atoms with E-state index in [2.05, 4.69) is 15.3 Å². The monoisotopic (exact) mass is 262 g/mol. The van der Waals surface area contributed by atoms with E-state index in [-0.39, 0.29) is 11.0 Å². The Morgan fingerprint density at radius 2 is 2.28 bits per heavy atom. The van der Waals surface area contributed by atoms with E-state index in [9.17, 15) is 0 Å². The summed E-state index contributed by atoms with van der Waals surface area (Å²) in [6.45, 7) is 3.80. The van der Waals surface area contributed by atoms with Crippen LogP contribution in [0.5, 0.6) is 0 Å². The Balaban J connectivity index is 2.21. The third-order valence-corrected chi connectivity index (χ3v) is 2.62. The Morgan fingerprint density at radius 3 is 2.89 bits per heavy atom. The van der Waals surface area contributed by atoms with Gasteiger partial charge in [-0.2, -0.15) is 0 Å².